The number of benzene rings is 4. The van der Waals surface area contributed by atoms with E-state index in [-0.39, 0.29) is 23.8 Å². The first-order valence-corrected chi connectivity index (χ1v) is 15.3. The van der Waals surface area contributed by atoms with Gasteiger partial charge >= 0.3 is 0 Å². The lowest BCUT2D eigenvalue weighted by Gasteiger charge is -2.34. The van der Waals surface area contributed by atoms with Crippen LogP contribution in [0.25, 0.3) is 0 Å². The van der Waals surface area contributed by atoms with Crippen LogP contribution in [0, 0.1) is 20.8 Å². The number of amides is 2. The number of carbonyl (C=O) groups excluding carboxylic acids is 2. The SMILES string of the molecule is CNC(=O)C(Cc1ccccc1)N(Cc1ccc(C)cc1)C(=O)CN(c1cc(C)ccc1C)S(=O)(=O)c1ccccc1. The maximum absolute atomic E-state index is 14.4. The fraction of sp³-hybridized carbons (Fsp3) is 0.235. The molecule has 4 aromatic carbocycles. The Morgan fingerprint density at radius 2 is 1.36 bits per heavy atom. The predicted molar refractivity (Wildman–Crippen MR) is 167 cm³/mol. The largest absolute Gasteiger partial charge is 0.357 e. The fourth-order valence-electron chi connectivity index (χ4n) is 4.83. The molecule has 0 heterocycles. The van der Waals surface area contributed by atoms with Crippen LogP contribution in [0.2, 0.25) is 0 Å². The molecular formula is C34H37N3O4S. The highest BCUT2D eigenvalue weighted by atomic mass is 32.2. The molecule has 1 N–H and O–H groups in total. The number of rotatable bonds is 11. The molecule has 0 aliphatic rings. The summed E-state index contributed by atoms with van der Waals surface area (Å²) in [5.74, 6) is -0.816. The summed E-state index contributed by atoms with van der Waals surface area (Å²) < 4.78 is 29.3. The third-order valence-corrected chi connectivity index (χ3v) is 9.01. The van der Waals surface area contributed by atoms with E-state index in [1.54, 1.807) is 24.3 Å². The van der Waals surface area contributed by atoms with Gasteiger partial charge in [-0.1, -0.05) is 90.5 Å². The van der Waals surface area contributed by atoms with Gasteiger partial charge < -0.3 is 10.2 Å². The van der Waals surface area contributed by atoms with Crippen molar-refractivity contribution < 1.29 is 18.0 Å². The number of nitrogens with one attached hydrogen (secondary N) is 1. The van der Waals surface area contributed by atoms with Crippen LogP contribution in [0.4, 0.5) is 5.69 Å². The topological polar surface area (TPSA) is 86.8 Å². The van der Waals surface area contributed by atoms with Crippen molar-refractivity contribution in [3.8, 4) is 0 Å². The maximum atomic E-state index is 14.4. The van der Waals surface area contributed by atoms with Gasteiger partial charge in [-0.05, 0) is 61.2 Å². The van der Waals surface area contributed by atoms with Crippen LogP contribution >= 0.6 is 0 Å². The number of anilines is 1. The van der Waals surface area contributed by atoms with Gasteiger partial charge in [0.05, 0.1) is 10.6 Å². The van der Waals surface area contributed by atoms with Crippen LogP contribution in [0.5, 0.6) is 0 Å². The number of likely N-dealkylation sites (N-methyl/N-ethyl adjacent to an activating group) is 1. The van der Waals surface area contributed by atoms with Gasteiger partial charge in [0.1, 0.15) is 12.6 Å². The number of nitrogens with zero attached hydrogens (tertiary/aromatic N) is 2. The second kappa shape index (κ2) is 13.5. The van der Waals surface area contributed by atoms with Crippen molar-refractivity contribution in [2.24, 2.45) is 0 Å². The van der Waals surface area contributed by atoms with Crippen molar-refractivity contribution in [3.63, 3.8) is 0 Å². The van der Waals surface area contributed by atoms with Crippen molar-refractivity contribution in [1.29, 1.82) is 0 Å². The first-order valence-electron chi connectivity index (χ1n) is 13.9. The molecule has 1 atom stereocenters. The van der Waals surface area contributed by atoms with Crippen molar-refractivity contribution in [2.45, 2.75) is 44.7 Å². The van der Waals surface area contributed by atoms with Crippen LogP contribution in [-0.2, 0) is 32.6 Å². The molecule has 4 aromatic rings. The molecule has 8 heteroatoms. The quantitative estimate of drug-likeness (QED) is 0.263. The molecule has 1 unspecified atom stereocenters. The molecule has 218 valence electrons. The van der Waals surface area contributed by atoms with E-state index >= 15 is 0 Å². The van der Waals surface area contributed by atoms with Gasteiger partial charge in [-0.25, -0.2) is 8.42 Å². The number of sulfonamides is 1. The smallest absolute Gasteiger partial charge is 0.264 e. The third-order valence-electron chi connectivity index (χ3n) is 7.23. The number of hydrogen-bond acceptors (Lipinski definition) is 4. The summed E-state index contributed by atoms with van der Waals surface area (Å²) in [7, 11) is -2.59. The van der Waals surface area contributed by atoms with Gasteiger partial charge in [-0.3, -0.25) is 13.9 Å². The van der Waals surface area contributed by atoms with Crippen LogP contribution in [0.1, 0.15) is 27.8 Å². The predicted octanol–water partition coefficient (Wildman–Crippen LogP) is 5.19. The van der Waals surface area contributed by atoms with Crippen LogP contribution < -0.4 is 9.62 Å². The molecular weight excluding hydrogens is 546 g/mol. The normalized spacial score (nSPS) is 11.9. The molecule has 2 amide bonds. The average molecular weight is 584 g/mol. The number of aryl methyl sites for hydroxylation is 3. The van der Waals surface area contributed by atoms with E-state index in [0.29, 0.717) is 11.3 Å². The monoisotopic (exact) mass is 583 g/mol. The van der Waals surface area contributed by atoms with E-state index in [1.165, 1.54) is 28.4 Å². The molecule has 0 aromatic heterocycles. The van der Waals surface area contributed by atoms with Gasteiger partial charge in [0.2, 0.25) is 11.8 Å². The zero-order valence-corrected chi connectivity index (χ0v) is 25.3. The second-order valence-electron chi connectivity index (χ2n) is 10.4. The molecule has 0 spiro atoms. The van der Waals surface area contributed by atoms with Crippen molar-refractivity contribution in [1.82, 2.24) is 10.2 Å². The van der Waals surface area contributed by atoms with Crippen LogP contribution in [-0.4, -0.2) is 44.8 Å². The molecule has 4 rings (SSSR count). The number of hydrogen-bond donors (Lipinski definition) is 1. The lowest BCUT2D eigenvalue weighted by atomic mass is 10.0. The summed E-state index contributed by atoms with van der Waals surface area (Å²) in [5, 5.41) is 2.71. The zero-order chi connectivity index (χ0) is 30.3. The molecule has 0 saturated heterocycles. The van der Waals surface area contributed by atoms with Crippen LogP contribution in [0.15, 0.2) is 108 Å². The Labute approximate surface area is 248 Å². The molecule has 0 aliphatic heterocycles. The Balaban J connectivity index is 1.81. The van der Waals surface area contributed by atoms with Crippen molar-refractivity contribution in [2.75, 3.05) is 17.9 Å². The first kappa shape index (κ1) is 30.5. The molecule has 0 radical (unpaired) electrons. The standard InChI is InChI=1S/C34H37N3O4S/c1-25-16-19-29(20-17-25)23-36(32(34(39)35-4)22-28-11-7-5-8-12-28)33(38)24-37(31-21-26(2)15-18-27(31)3)42(40,41)30-13-9-6-10-14-30/h5-21,32H,22-24H2,1-4H3,(H,35,39). The minimum Gasteiger partial charge on any atom is -0.357 e. The molecule has 7 nitrogen and oxygen atoms in total. The van der Waals surface area contributed by atoms with Crippen LogP contribution in [0.3, 0.4) is 0 Å². The Morgan fingerprint density at radius 1 is 0.762 bits per heavy atom. The van der Waals surface area contributed by atoms with Gasteiger partial charge in [0, 0.05) is 20.0 Å². The summed E-state index contributed by atoms with van der Waals surface area (Å²) in [6, 6.07) is 30.0. The Morgan fingerprint density at radius 3 is 1.98 bits per heavy atom. The minimum absolute atomic E-state index is 0.0796. The Bertz CT molecular complexity index is 1620. The lowest BCUT2D eigenvalue weighted by Crippen LogP contribution is -2.53. The summed E-state index contributed by atoms with van der Waals surface area (Å²) in [4.78, 5) is 29.3. The minimum atomic E-state index is -4.13. The van der Waals surface area contributed by atoms with E-state index in [9.17, 15) is 18.0 Å². The van der Waals surface area contributed by atoms with Gasteiger partial charge in [0.15, 0.2) is 0 Å². The molecule has 0 aliphatic carbocycles. The molecule has 0 fully saturated rings. The maximum Gasteiger partial charge on any atom is 0.264 e. The molecule has 0 saturated carbocycles. The third kappa shape index (κ3) is 7.25. The average Bonchev–Trinajstić information content (AvgIpc) is 3.00. The van der Waals surface area contributed by atoms with Gasteiger partial charge in [-0.15, -0.1) is 0 Å². The van der Waals surface area contributed by atoms with E-state index in [0.717, 1.165) is 22.3 Å². The second-order valence-corrected chi connectivity index (χ2v) is 12.3. The Hall–Kier alpha value is -4.43. The van der Waals surface area contributed by atoms with Gasteiger partial charge in [0.25, 0.3) is 10.0 Å². The van der Waals surface area contributed by atoms with Crippen molar-refractivity contribution in [3.05, 3.63) is 131 Å². The van der Waals surface area contributed by atoms with Gasteiger partial charge in [-0.2, -0.15) is 0 Å². The van der Waals surface area contributed by atoms with E-state index < -0.39 is 28.5 Å². The summed E-state index contributed by atoms with van der Waals surface area (Å²) in [6.07, 6.45) is 0.271. The highest BCUT2D eigenvalue weighted by Gasteiger charge is 2.34. The summed E-state index contributed by atoms with van der Waals surface area (Å²) in [5.41, 5.74) is 4.78. The molecule has 0 bridgehead atoms. The molecule has 42 heavy (non-hydrogen) atoms. The summed E-state index contributed by atoms with van der Waals surface area (Å²) in [6.45, 7) is 5.33. The highest BCUT2D eigenvalue weighted by molar-refractivity contribution is 7.92. The summed E-state index contributed by atoms with van der Waals surface area (Å²) >= 11 is 0. The lowest BCUT2D eigenvalue weighted by molar-refractivity contribution is -0.139. The highest BCUT2D eigenvalue weighted by Crippen LogP contribution is 2.28. The van der Waals surface area contributed by atoms with E-state index in [4.69, 9.17) is 0 Å². The van der Waals surface area contributed by atoms with Crippen molar-refractivity contribution >= 4 is 27.5 Å². The Kier molecular flexibility index (Phi) is 9.80. The number of carbonyl (C=O) groups is 2. The fourth-order valence-corrected chi connectivity index (χ4v) is 6.32. The zero-order valence-electron chi connectivity index (χ0n) is 24.4. The van der Waals surface area contributed by atoms with E-state index in [2.05, 4.69) is 5.32 Å². The van der Waals surface area contributed by atoms with E-state index in [1.807, 2.05) is 87.5 Å². The first-order chi connectivity index (χ1) is 20.1.